The second-order valence-corrected chi connectivity index (χ2v) is 6.53. The van der Waals surface area contributed by atoms with Crippen LogP contribution >= 0.6 is 11.6 Å². The summed E-state index contributed by atoms with van der Waals surface area (Å²) in [6.45, 7) is 4.08. The van der Waals surface area contributed by atoms with Crippen LogP contribution in [-0.4, -0.2) is 4.21 Å². The Hall–Kier alpha value is -1.32. The molecule has 2 rings (SSSR count). The van der Waals surface area contributed by atoms with E-state index in [1.165, 1.54) is 11.1 Å². The SMILES string of the molecule is Cc1cc(C)cc(CS(=O)c2ccc(N)c(Cl)c2)c1. The fraction of sp³-hybridized carbons (Fsp3) is 0.200. The molecule has 0 aliphatic carbocycles. The molecule has 0 bridgehead atoms. The van der Waals surface area contributed by atoms with Gasteiger partial charge in [0.2, 0.25) is 0 Å². The molecule has 0 radical (unpaired) electrons. The lowest BCUT2D eigenvalue weighted by Gasteiger charge is -2.07. The Kier molecular flexibility index (Phi) is 4.27. The minimum atomic E-state index is -1.11. The summed E-state index contributed by atoms with van der Waals surface area (Å²) in [6, 6.07) is 11.4. The van der Waals surface area contributed by atoms with E-state index in [4.69, 9.17) is 17.3 Å². The monoisotopic (exact) mass is 293 g/mol. The van der Waals surface area contributed by atoms with E-state index in [0.717, 1.165) is 5.56 Å². The number of hydrogen-bond donors (Lipinski definition) is 1. The van der Waals surface area contributed by atoms with Gasteiger partial charge in [-0.25, -0.2) is 0 Å². The van der Waals surface area contributed by atoms with Crippen LogP contribution < -0.4 is 5.73 Å². The van der Waals surface area contributed by atoms with E-state index < -0.39 is 10.8 Å². The van der Waals surface area contributed by atoms with Gasteiger partial charge < -0.3 is 5.73 Å². The van der Waals surface area contributed by atoms with Gasteiger partial charge in [0.15, 0.2) is 0 Å². The third-order valence-corrected chi connectivity index (χ3v) is 4.52. The molecule has 19 heavy (non-hydrogen) atoms. The van der Waals surface area contributed by atoms with Crippen LogP contribution in [0.25, 0.3) is 0 Å². The van der Waals surface area contributed by atoms with Crippen molar-refractivity contribution in [1.82, 2.24) is 0 Å². The molecule has 0 saturated heterocycles. The Morgan fingerprint density at radius 2 is 1.74 bits per heavy atom. The molecule has 2 aromatic carbocycles. The Bertz CT molecular complexity index is 620. The van der Waals surface area contributed by atoms with Crippen molar-refractivity contribution >= 4 is 28.1 Å². The number of rotatable bonds is 3. The fourth-order valence-electron chi connectivity index (χ4n) is 2.04. The largest absolute Gasteiger partial charge is 0.398 e. The van der Waals surface area contributed by atoms with Crippen LogP contribution in [-0.2, 0) is 16.6 Å². The molecule has 0 aromatic heterocycles. The van der Waals surface area contributed by atoms with E-state index in [9.17, 15) is 4.21 Å². The fourth-order valence-corrected chi connectivity index (χ4v) is 3.39. The van der Waals surface area contributed by atoms with Crippen molar-refractivity contribution in [3.8, 4) is 0 Å². The first-order valence-electron chi connectivity index (χ1n) is 5.96. The lowest BCUT2D eigenvalue weighted by atomic mass is 10.1. The summed E-state index contributed by atoms with van der Waals surface area (Å²) in [5, 5.41) is 0.450. The van der Waals surface area contributed by atoms with Crippen molar-refractivity contribution in [1.29, 1.82) is 0 Å². The van der Waals surface area contributed by atoms with Gasteiger partial charge in [-0.1, -0.05) is 40.9 Å². The average molecular weight is 294 g/mol. The molecule has 0 fully saturated rings. The van der Waals surface area contributed by atoms with Gasteiger partial charge in [0, 0.05) is 4.90 Å². The molecule has 0 aliphatic heterocycles. The topological polar surface area (TPSA) is 43.1 Å². The molecule has 1 atom stereocenters. The van der Waals surface area contributed by atoms with Crippen molar-refractivity contribution in [3.05, 3.63) is 58.1 Å². The highest BCUT2D eigenvalue weighted by atomic mass is 35.5. The van der Waals surface area contributed by atoms with Crippen molar-refractivity contribution in [2.45, 2.75) is 24.5 Å². The van der Waals surface area contributed by atoms with Gasteiger partial charge in [-0.15, -0.1) is 0 Å². The normalized spacial score (nSPS) is 12.4. The summed E-state index contributed by atoms with van der Waals surface area (Å²) in [5.41, 5.74) is 9.60. The minimum Gasteiger partial charge on any atom is -0.398 e. The van der Waals surface area contributed by atoms with Crippen LogP contribution in [0.2, 0.25) is 5.02 Å². The zero-order valence-corrected chi connectivity index (χ0v) is 12.5. The number of nitrogens with two attached hydrogens (primary N) is 1. The van der Waals surface area contributed by atoms with E-state index in [2.05, 4.69) is 18.2 Å². The zero-order chi connectivity index (χ0) is 14.0. The summed E-state index contributed by atoms with van der Waals surface area (Å²) in [6.07, 6.45) is 0. The van der Waals surface area contributed by atoms with Crippen LogP contribution in [0.15, 0.2) is 41.3 Å². The van der Waals surface area contributed by atoms with Gasteiger partial charge in [0.1, 0.15) is 0 Å². The van der Waals surface area contributed by atoms with Gasteiger partial charge in [-0.05, 0) is 37.6 Å². The summed E-state index contributed by atoms with van der Waals surface area (Å²) in [4.78, 5) is 0.707. The first kappa shape index (κ1) is 14.1. The summed E-state index contributed by atoms with van der Waals surface area (Å²) < 4.78 is 12.3. The number of nitrogen functional groups attached to an aromatic ring is 1. The molecule has 2 nitrogen and oxygen atoms in total. The number of halogens is 1. The number of hydrogen-bond acceptors (Lipinski definition) is 2. The van der Waals surface area contributed by atoms with Crippen molar-refractivity contribution < 1.29 is 4.21 Å². The Labute approximate surface area is 121 Å². The molecule has 2 aromatic rings. The van der Waals surface area contributed by atoms with Gasteiger partial charge in [0.05, 0.1) is 27.3 Å². The molecular weight excluding hydrogens is 278 g/mol. The second kappa shape index (κ2) is 5.76. The molecule has 100 valence electrons. The quantitative estimate of drug-likeness (QED) is 0.874. The molecular formula is C15H16ClNOS. The van der Waals surface area contributed by atoms with Crippen LogP contribution in [0.3, 0.4) is 0 Å². The zero-order valence-electron chi connectivity index (χ0n) is 10.9. The van der Waals surface area contributed by atoms with Crippen LogP contribution in [0, 0.1) is 13.8 Å². The predicted molar refractivity (Wildman–Crippen MR) is 81.9 cm³/mol. The second-order valence-electron chi connectivity index (χ2n) is 4.67. The van der Waals surface area contributed by atoms with Crippen LogP contribution in [0.4, 0.5) is 5.69 Å². The molecule has 0 saturated carbocycles. The molecule has 0 heterocycles. The third kappa shape index (κ3) is 3.58. The van der Waals surface area contributed by atoms with E-state index in [1.807, 2.05) is 13.8 Å². The smallest absolute Gasteiger partial charge is 0.0647 e. The molecule has 0 spiro atoms. The standard InChI is InChI=1S/C15H16ClNOS/c1-10-5-11(2)7-12(6-10)9-19(18)13-3-4-15(17)14(16)8-13/h3-8H,9,17H2,1-2H3. The van der Waals surface area contributed by atoms with Crippen LogP contribution in [0.5, 0.6) is 0 Å². The van der Waals surface area contributed by atoms with E-state index in [1.54, 1.807) is 18.2 Å². The highest BCUT2D eigenvalue weighted by Crippen LogP contribution is 2.23. The first-order chi connectivity index (χ1) is 8.95. The molecule has 1 unspecified atom stereocenters. The summed E-state index contributed by atoms with van der Waals surface area (Å²) in [5.74, 6) is 0.489. The molecule has 2 N–H and O–H groups in total. The minimum absolute atomic E-state index is 0.450. The van der Waals surface area contributed by atoms with Crippen molar-refractivity contribution in [2.75, 3.05) is 5.73 Å². The molecule has 4 heteroatoms. The number of aryl methyl sites for hydroxylation is 2. The third-order valence-electron chi connectivity index (χ3n) is 2.81. The van der Waals surface area contributed by atoms with E-state index in [-0.39, 0.29) is 0 Å². The summed E-state index contributed by atoms with van der Waals surface area (Å²) in [7, 11) is -1.11. The maximum Gasteiger partial charge on any atom is 0.0647 e. The summed E-state index contributed by atoms with van der Waals surface area (Å²) >= 11 is 5.95. The maximum atomic E-state index is 12.3. The average Bonchev–Trinajstić information content (AvgIpc) is 2.31. The maximum absolute atomic E-state index is 12.3. The van der Waals surface area contributed by atoms with Gasteiger partial charge >= 0.3 is 0 Å². The van der Waals surface area contributed by atoms with Crippen molar-refractivity contribution in [2.24, 2.45) is 0 Å². The molecule has 0 amide bonds. The van der Waals surface area contributed by atoms with Gasteiger partial charge in [-0.2, -0.15) is 0 Å². The van der Waals surface area contributed by atoms with Gasteiger partial charge in [-0.3, -0.25) is 4.21 Å². The first-order valence-corrected chi connectivity index (χ1v) is 7.66. The molecule has 0 aliphatic rings. The van der Waals surface area contributed by atoms with Crippen LogP contribution in [0.1, 0.15) is 16.7 Å². The highest BCUT2D eigenvalue weighted by Gasteiger charge is 2.08. The lowest BCUT2D eigenvalue weighted by Crippen LogP contribution is -1.98. The Balaban J connectivity index is 2.22. The highest BCUT2D eigenvalue weighted by molar-refractivity contribution is 7.84. The Morgan fingerprint density at radius 3 is 2.32 bits per heavy atom. The van der Waals surface area contributed by atoms with Crippen molar-refractivity contribution in [3.63, 3.8) is 0 Å². The lowest BCUT2D eigenvalue weighted by molar-refractivity contribution is 0.682. The number of anilines is 1. The van der Waals surface area contributed by atoms with E-state index in [0.29, 0.717) is 21.4 Å². The predicted octanol–water partition coefficient (Wildman–Crippen LogP) is 3.85. The number of benzene rings is 2. The van der Waals surface area contributed by atoms with E-state index >= 15 is 0 Å². The van der Waals surface area contributed by atoms with Gasteiger partial charge in [0.25, 0.3) is 0 Å². The Morgan fingerprint density at radius 1 is 1.11 bits per heavy atom.